The van der Waals surface area contributed by atoms with Crippen molar-refractivity contribution in [2.45, 2.75) is 63.4 Å². The van der Waals surface area contributed by atoms with Gasteiger partial charge in [0.2, 0.25) is 0 Å². The Morgan fingerprint density at radius 1 is 0.676 bits per heavy atom. The summed E-state index contributed by atoms with van der Waals surface area (Å²) in [6.45, 7) is 3.21. The van der Waals surface area contributed by atoms with Crippen LogP contribution in [0.15, 0.2) is 91.0 Å². The van der Waals surface area contributed by atoms with E-state index in [1.807, 2.05) is 91.0 Å². The number of methoxy groups -OCH3 is 1. The minimum atomic E-state index is -1.32. The summed E-state index contributed by atoms with van der Waals surface area (Å²) in [6, 6.07) is 30.1. The number of hydrogen-bond donors (Lipinski definition) is 0. The molecule has 7 heteroatoms. The number of rotatable bonds is 11. The highest BCUT2D eigenvalue weighted by Gasteiger charge is 2.58. The van der Waals surface area contributed by atoms with Crippen LogP contribution < -0.4 is 0 Å². The van der Waals surface area contributed by atoms with Gasteiger partial charge in [-0.1, -0.05) is 91.0 Å². The van der Waals surface area contributed by atoms with E-state index in [9.17, 15) is 0 Å². The van der Waals surface area contributed by atoms with Crippen molar-refractivity contribution in [3.05, 3.63) is 108 Å². The minimum absolute atomic E-state index is 0.249. The standard InChI is InChI=1S/C30H34O7/c1-30(31-2)36-25(21-32-18-22-12-6-3-7-13-22)26(33-19-23-14-8-4-9-15-23)27(28-29(35-28)37-30)34-20-24-16-10-5-11-17-24/h3-17,25-29H,18-21H2,1-2H3/t25?,26-,27+,28-,29?,30?/m1/s1. The summed E-state index contributed by atoms with van der Waals surface area (Å²) in [5.74, 6) is -1.32. The summed E-state index contributed by atoms with van der Waals surface area (Å²) in [7, 11) is 1.55. The Kier molecular flexibility index (Phi) is 8.63. The van der Waals surface area contributed by atoms with Crippen molar-refractivity contribution in [1.29, 1.82) is 0 Å². The lowest BCUT2D eigenvalue weighted by Crippen LogP contribution is -2.54. The van der Waals surface area contributed by atoms with E-state index in [-0.39, 0.29) is 12.7 Å². The number of epoxide rings is 1. The molecule has 2 aliphatic heterocycles. The quantitative estimate of drug-likeness (QED) is 0.345. The first-order valence-electron chi connectivity index (χ1n) is 12.6. The second kappa shape index (κ2) is 12.3. The Morgan fingerprint density at radius 3 is 1.73 bits per heavy atom. The Morgan fingerprint density at radius 2 is 1.19 bits per heavy atom. The van der Waals surface area contributed by atoms with Gasteiger partial charge in [0, 0.05) is 14.0 Å². The summed E-state index contributed by atoms with van der Waals surface area (Å²) in [4.78, 5) is 0. The molecule has 0 saturated carbocycles. The molecule has 2 saturated heterocycles. The molecule has 7 nitrogen and oxygen atoms in total. The van der Waals surface area contributed by atoms with Gasteiger partial charge in [-0.2, -0.15) is 0 Å². The lowest BCUT2D eigenvalue weighted by molar-refractivity contribution is -0.402. The van der Waals surface area contributed by atoms with Gasteiger partial charge in [-0.25, -0.2) is 0 Å². The van der Waals surface area contributed by atoms with Gasteiger partial charge in [0.05, 0.1) is 26.4 Å². The van der Waals surface area contributed by atoms with Gasteiger partial charge in [0.15, 0.2) is 6.29 Å². The molecule has 0 spiro atoms. The number of benzene rings is 3. The molecular formula is C30H34O7. The molecule has 0 aromatic heterocycles. The lowest BCUT2D eigenvalue weighted by Gasteiger charge is -2.39. The molecule has 37 heavy (non-hydrogen) atoms. The monoisotopic (exact) mass is 506 g/mol. The number of fused-ring (bicyclic) bond motifs is 1. The predicted molar refractivity (Wildman–Crippen MR) is 136 cm³/mol. The Hall–Kier alpha value is -2.62. The SMILES string of the molecule is COC1(C)OC(COCc2ccccc2)[C@@H](OCc2ccccc2)[C@H](OCc2ccccc2)[C@H]2OC2O1. The van der Waals surface area contributed by atoms with Gasteiger partial charge < -0.3 is 28.4 Å². The Balaban J connectivity index is 1.38. The van der Waals surface area contributed by atoms with Crippen LogP contribution in [0.4, 0.5) is 0 Å². The van der Waals surface area contributed by atoms with Crippen LogP contribution in [-0.4, -0.2) is 50.4 Å². The summed E-state index contributed by atoms with van der Waals surface area (Å²) in [5, 5.41) is 0. The second-order valence-electron chi connectivity index (χ2n) is 9.33. The molecule has 0 N–H and O–H groups in total. The molecule has 196 valence electrons. The topological polar surface area (TPSA) is 67.9 Å². The molecule has 2 heterocycles. The molecule has 0 radical (unpaired) electrons. The van der Waals surface area contributed by atoms with E-state index in [0.29, 0.717) is 19.8 Å². The zero-order chi connectivity index (χ0) is 25.5. The number of hydrogen-bond acceptors (Lipinski definition) is 7. The van der Waals surface area contributed by atoms with Crippen LogP contribution in [0.25, 0.3) is 0 Å². The van der Waals surface area contributed by atoms with Gasteiger partial charge in [-0.05, 0) is 16.7 Å². The van der Waals surface area contributed by atoms with Crippen LogP contribution in [0.1, 0.15) is 23.6 Å². The minimum Gasteiger partial charge on any atom is -0.374 e. The Labute approximate surface area is 218 Å². The van der Waals surface area contributed by atoms with E-state index in [2.05, 4.69) is 0 Å². The van der Waals surface area contributed by atoms with E-state index in [1.165, 1.54) is 0 Å². The van der Waals surface area contributed by atoms with Crippen LogP contribution in [0, 0.1) is 0 Å². The molecule has 0 aliphatic carbocycles. The van der Waals surface area contributed by atoms with Crippen molar-refractivity contribution in [2.75, 3.05) is 13.7 Å². The molecule has 2 aliphatic rings. The van der Waals surface area contributed by atoms with E-state index in [4.69, 9.17) is 33.2 Å². The molecule has 5 rings (SSSR count). The van der Waals surface area contributed by atoms with Crippen LogP contribution in [0.3, 0.4) is 0 Å². The van der Waals surface area contributed by atoms with Gasteiger partial charge in [-0.3, -0.25) is 4.74 Å². The normalized spacial score (nSPS) is 29.2. The maximum Gasteiger partial charge on any atom is 0.282 e. The van der Waals surface area contributed by atoms with Crippen LogP contribution >= 0.6 is 0 Å². The fourth-order valence-corrected chi connectivity index (χ4v) is 4.43. The molecule has 3 aromatic carbocycles. The molecular weight excluding hydrogens is 472 g/mol. The molecule has 3 aromatic rings. The molecule has 6 atom stereocenters. The zero-order valence-electron chi connectivity index (χ0n) is 21.2. The van der Waals surface area contributed by atoms with Crippen LogP contribution in [0.2, 0.25) is 0 Å². The molecule has 2 fully saturated rings. The summed E-state index contributed by atoms with van der Waals surface area (Å²) in [6.07, 6.45) is -2.34. The van der Waals surface area contributed by atoms with E-state index < -0.39 is 30.6 Å². The number of ether oxygens (including phenoxy) is 7. The maximum absolute atomic E-state index is 6.53. The summed E-state index contributed by atoms with van der Waals surface area (Å²) < 4.78 is 43.1. The third kappa shape index (κ3) is 7.03. The third-order valence-corrected chi connectivity index (χ3v) is 6.53. The van der Waals surface area contributed by atoms with Crippen molar-refractivity contribution in [1.82, 2.24) is 0 Å². The van der Waals surface area contributed by atoms with Crippen molar-refractivity contribution >= 4 is 0 Å². The van der Waals surface area contributed by atoms with Crippen molar-refractivity contribution in [2.24, 2.45) is 0 Å². The van der Waals surface area contributed by atoms with Crippen molar-refractivity contribution in [3.63, 3.8) is 0 Å². The maximum atomic E-state index is 6.53. The first-order valence-corrected chi connectivity index (χ1v) is 12.6. The predicted octanol–water partition coefficient (Wildman–Crippen LogP) is 4.83. The second-order valence-corrected chi connectivity index (χ2v) is 9.33. The van der Waals surface area contributed by atoms with Crippen LogP contribution in [0.5, 0.6) is 0 Å². The van der Waals surface area contributed by atoms with Crippen molar-refractivity contribution < 1.29 is 33.2 Å². The smallest absolute Gasteiger partial charge is 0.282 e. The first-order chi connectivity index (χ1) is 18.1. The van der Waals surface area contributed by atoms with Crippen molar-refractivity contribution in [3.8, 4) is 0 Å². The largest absolute Gasteiger partial charge is 0.374 e. The molecule has 0 amide bonds. The zero-order valence-corrected chi connectivity index (χ0v) is 21.2. The van der Waals surface area contributed by atoms with Gasteiger partial charge in [0.25, 0.3) is 5.97 Å². The average molecular weight is 507 g/mol. The molecule has 3 unspecified atom stereocenters. The van der Waals surface area contributed by atoms with E-state index in [0.717, 1.165) is 16.7 Å². The van der Waals surface area contributed by atoms with Gasteiger partial charge >= 0.3 is 0 Å². The highest BCUT2D eigenvalue weighted by molar-refractivity contribution is 5.15. The summed E-state index contributed by atoms with van der Waals surface area (Å²) >= 11 is 0. The first kappa shape index (κ1) is 26.0. The fraction of sp³-hybridized carbons (Fsp3) is 0.400. The average Bonchev–Trinajstić information content (AvgIpc) is 3.68. The van der Waals surface area contributed by atoms with E-state index >= 15 is 0 Å². The van der Waals surface area contributed by atoms with Crippen LogP contribution in [-0.2, 0) is 53.0 Å². The summed E-state index contributed by atoms with van der Waals surface area (Å²) in [5.41, 5.74) is 3.18. The highest BCUT2D eigenvalue weighted by Crippen LogP contribution is 2.40. The lowest BCUT2D eigenvalue weighted by atomic mass is 10.0. The van der Waals surface area contributed by atoms with Gasteiger partial charge in [-0.15, -0.1) is 0 Å². The highest BCUT2D eigenvalue weighted by atomic mass is 16.9. The molecule has 0 bridgehead atoms. The van der Waals surface area contributed by atoms with Gasteiger partial charge in [0.1, 0.15) is 24.4 Å². The Bertz CT molecular complexity index is 1080. The third-order valence-electron chi connectivity index (χ3n) is 6.53. The van der Waals surface area contributed by atoms with E-state index in [1.54, 1.807) is 14.0 Å². The fourth-order valence-electron chi connectivity index (χ4n) is 4.43.